The molecule has 0 aromatic heterocycles. The van der Waals surface area contributed by atoms with Gasteiger partial charge in [0.1, 0.15) is 6.61 Å². The molecule has 3 heteroatoms. The number of nitrogens with zero attached hydrogens (tertiary/aromatic N) is 1. The van der Waals surface area contributed by atoms with Crippen LogP contribution in [-0.2, 0) is 4.74 Å². The Bertz CT molecular complexity index is 205. The summed E-state index contributed by atoms with van der Waals surface area (Å²) in [5.41, 5.74) is 0. The van der Waals surface area contributed by atoms with Crippen LogP contribution in [0.2, 0.25) is 0 Å². The van der Waals surface area contributed by atoms with Crippen LogP contribution in [0.25, 0.3) is 0 Å². The highest BCUT2D eigenvalue weighted by Gasteiger charge is 2.31. The Morgan fingerprint density at radius 1 is 1.31 bits per heavy atom. The SMILES string of the molecule is C[C@@H]1CC[C@H](C)C1NC1=NCCO1. The van der Waals surface area contributed by atoms with E-state index < -0.39 is 0 Å². The van der Waals surface area contributed by atoms with Gasteiger partial charge in [0.2, 0.25) is 0 Å². The minimum atomic E-state index is 0.567. The molecule has 0 bridgehead atoms. The van der Waals surface area contributed by atoms with E-state index in [0.717, 1.165) is 31.0 Å². The summed E-state index contributed by atoms with van der Waals surface area (Å²) in [4.78, 5) is 4.25. The monoisotopic (exact) mass is 182 g/mol. The minimum Gasteiger partial charge on any atom is -0.463 e. The van der Waals surface area contributed by atoms with E-state index in [4.69, 9.17) is 4.74 Å². The molecule has 2 aliphatic rings. The van der Waals surface area contributed by atoms with Crippen molar-refractivity contribution < 1.29 is 4.74 Å². The third kappa shape index (κ3) is 1.79. The zero-order chi connectivity index (χ0) is 9.26. The molecule has 1 unspecified atom stereocenters. The van der Waals surface area contributed by atoms with Crippen molar-refractivity contribution in [3.63, 3.8) is 0 Å². The number of hydrogen-bond acceptors (Lipinski definition) is 3. The molecule has 1 aliphatic carbocycles. The predicted molar refractivity (Wildman–Crippen MR) is 52.7 cm³/mol. The second-order valence-corrected chi connectivity index (χ2v) is 4.24. The maximum absolute atomic E-state index is 5.35. The topological polar surface area (TPSA) is 33.6 Å². The molecular formula is C10H18N2O. The van der Waals surface area contributed by atoms with Gasteiger partial charge in [-0.1, -0.05) is 13.8 Å². The smallest absolute Gasteiger partial charge is 0.285 e. The zero-order valence-electron chi connectivity index (χ0n) is 8.42. The molecule has 1 saturated carbocycles. The number of ether oxygens (including phenoxy) is 1. The molecule has 3 nitrogen and oxygen atoms in total. The average Bonchev–Trinajstić information content (AvgIpc) is 2.70. The van der Waals surface area contributed by atoms with Crippen molar-refractivity contribution in [1.29, 1.82) is 0 Å². The summed E-state index contributed by atoms with van der Waals surface area (Å²) < 4.78 is 5.35. The van der Waals surface area contributed by atoms with Crippen LogP contribution in [0.3, 0.4) is 0 Å². The molecular weight excluding hydrogens is 164 g/mol. The Morgan fingerprint density at radius 2 is 2.00 bits per heavy atom. The van der Waals surface area contributed by atoms with Crippen LogP contribution in [0.1, 0.15) is 26.7 Å². The maximum atomic E-state index is 5.35. The van der Waals surface area contributed by atoms with Gasteiger partial charge in [0, 0.05) is 6.04 Å². The number of amidine groups is 1. The van der Waals surface area contributed by atoms with Crippen LogP contribution < -0.4 is 5.32 Å². The van der Waals surface area contributed by atoms with E-state index in [-0.39, 0.29) is 0 Å². The molecule has 1 fully saturated rings. The van der Waals surface area contributed by atoms with Gasteiger partial charge in [0.05, 0.1) is 6.54 Å². The van der Waals surface area contributed by atoms with Crippen molar-refractivity contribution in [2.45, 2.75) is 32.7 Å². The Kier molecular flexibility index (Phi) is 2.42. The molecule has 1 heterocycles. The lowest BCUT2D eigenvalue weighted by Crippen LogP contribution is -2.40. The van der Waals surface area contributed by atoms with E-state index in [1.165, 1.54) is 12.8 Å². The van der Waals surface area contributed by atoms with Crippen molar-refractivity contribution in [3.05, 3.63) is 0 Å². The molecule has 1 aliphatic heterocycles. The highest BCUT2D eigenvalue weighted by atomic mass is 16.5. The lowest BCUT2D eigenvalue weighted by atomic mass is 10.0. The van der Waals surface area contributed by atoms with Gasteiger partial charge in [-0.3, -0.25) is 0 Å². The van der Waals surface area contributed by atoms with E-state index in [0.29, 0.717) is 6.04 Å². The summed E-state index contributed by atoms with van der Waals surface area (Å²) in [5, 5.41) is 3.41. The highest BCUT2D eigenvalue weighted by Crippen LogP contribution is 2.30. The first-order valence-electron chi connectivity index (χ1n) is 5.21. The van der Waals surface area contributed by atoms with E-state index in [9.17, 15) is 0 Å². The average molecular weight is 182 g/mol. The van der Waals surface area contributed by atoms with Crippen molar-refractivity contribution >= 4 is 6.02 Å². The molecule has 1 N–H and O–H groups in total. The third-order valence-electron chi connectivity index (χ3n) is 3.18. The van der Waals surface area contributed by atoms with Crippen LogP contribution in [0.5, 0.6) is 0 Å². The summed E-state index contributed by atoms with van der Waals surface area (Å²) in [6, 6.07) is 1.34. The molecule has 0 aromatic rings. The van der Waals surface area contributed by atoms with Crippen molar-refractivity contribution in [2.24, 2.45) is 16.8 Å². The fourth-order valence-corrected chi connectivity index (χ4v) is 2.30. The van der Waals surface area contributed by atoms with Gasteiger partial charge in [0.25, 0.3) is 6.02 Å². The molecule has 13 heavy (non-hydrogen) atoms. The maximum Gasteiger partial charge on any atom is 0.285 e. The second-order valence-electron chi connectivity index (χ2n) is 4.24. The minimum absolute atomic E-state index is 0.567. The third-order valence-corrected chi connectivity index (χ3v) is 3.18. The molecule has 3 atom stereocenters. The van der Waals surface area contributed by atoms with Gasteiger partial charge < -0.3 is 10.1 Å². The quantitative estimate of drug-likeness (QED) is 0.665. The van der Waals surface area contributed by atoms with Gasteiger partial charge in [-0.25, -0.2) is 4.99 Å². The number of nitrogens with one attached hydrogen (secondary N) is 1. The lowest BCUT2D eigenvalue weighted by molar-refractivity contribution is 0.307. The Morgan fingerprint density at radius 3 is 2.54 bits per heavy atom. The van der Waals surface area contributed by atoms with Crippen LogP contribution in [0.4, 0.5) is 0 Å². The van der Waals surface area contributed by atoms with Gasteiger partial charge in [-0.05, 0) is 24.7 Å². The van der Waals surface area contributed by atoms with E-state index in [1.807, 2.05) is 0 Å². The van der Waals surface area contributed by atoms with Crippen molar-refractivity contribution in [3.8, 4) is 0 Å². The standard InChI is InChI=1S/C10H18N2O/c1-7-3-4-8(2)9(7)12-10-11-5-6-13-10/h7-9H,3-6H2,1-2H3,(H,11,12)/t7-,8+,9?. The summed E-state index contributed by atoms with van der Waals surface area (Å²) in [7, 11) is 0. The largest absolute Gasteiger partial charge is 0.463 e. The Hall–Kier alpha value is -0.730. The summed E-state index contributed by atoms with van der Waals surface area (Å²) in [5.74, 6) is 1.50. The van der Waals surface area contributed by atoms with Crippen molar-refractivity contribution in [1.82, 2.24) is 5.32 Å². The first-order valence-corrected chi connectivity index (χ1v) is 5.21. The first kappa shape index (κ1) is 8.85. The number of aliphatic imine (C=N–C) groups is 1. The molecule has 0 radical (unpaired) electrons. The fraction of sp³-hybridized carbons (Fsp3) is 0.900. The normalized spacial score (nSPS) is 38.6. The zero-order valence-corrected chi connectivity index (χ0v) is 8.42. The number of hydrogen-bond donors (Lipinski definition) is 1. The van der Waals surface area contributed by atoms with Gasteiger partial charge in [0.15, 0.2) is 0 Å². The van der Waals surface area contributed by atoms with E-state index >= 15 is 0 Å². The summed E-state index contributed by atoms with van der Waals surface area (Å²) in [6.07, 6.45) is 2.65. The molecule has 74 valence electrons. The van der Waals surface area contributed by atoms with Crippen LogP contribution in [0.15, 0.2) is 4.99 Å². The number of rotatable bonds is 1. The summed E-state index contributed by atoms with van der Waals surface area (Å²) in [6.45, 7) is 6.17. The Labute approximate surface area is 79.6 Å². The predicted octanol–water partition coefficient (Wildman–Crippen LogP) is 1.40. The van der Waals surface area contributed by atoms with Crippen LogP contribution in [0, 0.1) is 11.8 Å². The van der Waals surface area contributed by atoms with Gasteiger partial charge in [-0.2, -0.15) is 0 Å². The summed E-state index contributed by atoms with van der Waals surface area (Å²) >= 11 is 0. The fourth-order valence-electron chi connectivity index (χ4n) is 2.30. The molecule has 0 aromatic carbocycles. The van der Waals surface area contributed by atoms with Crippen LogP contribution in [-0.4, -0.2) is 25.2 Å². The van der Waals surface area contributed by atoms with Gasteiger partial charge >= 0.3 is 0 Å². The van der Waals surface area contributed by atoms with Gasteiger partial charge in [-0.15, -0.1) is 0 Å². The molecule has 0 spiro atoms. The van der Waals surface area contributed by atoms with E-state index in [1.54, 1.807) is 0 Å². The second kappa shape index (κ2) is 3.56. The first-order chi connectivity index (χ1) is 6.27. The highest BCUT2D eigenvalue weighted by molar-refractivity contribution is 5.75. The Balaban J connectivity index is 1.92. The lowest BCUT2D eigenvalue weighted by Gasteiger charge is -2.21. The molecule has 0 amide bonds. The molecule has 0 saturated heterocycles. The molecule has 2 rings (SSSR count). The van der Waals surface area contributed by atoms with Crippen LogP contribution >= 0.6 is 0 Å². The van der Waals surface area contributed by atoms with Crippen molar-refractivity contribution in [2.75, 3.05) is 13.2 Å². The van der Waals surface area contributed by atoms with E-state index in [2.05, 4.69) is 24.2 Å².